The normalized spacial score (nSPS) is 16.2. The van der Waals surface area contributed by atoms with Crippen molar-refractivity contribution in [1.82, 2.24) is 35.7 Å². The second-order valence-electron chi connectivity index (χ2n) is 21.3. The minimum atomic E-state index is -2.00. The number of imide groups is 1. The first-order valence-electron chi connectivity index (χ1n) is 29.0. The molecule has 0 saturated heterocycles. The Morgan fingerprint density at radius 1 is 0.802 bits per heavy atom. The summed E-state index contributed by atoms with van der Waals surface area (Å²) in [5.74, 6) is -3.03. The van der Waals surface area contributed by atoms with Gasteiger partial charge in [-0.1, -0.05) is 32.9 Å². The van der Waals surface area contributed by atoms with Gasteiger partial charge in [0.2, 0.25) is 23.6 Å². The number of cyclic esters (lactones) is 1. The third kappa shape index (κ3) is 16.0. The van der Waals surface area contributed by atoms with E-state index in [9.17, 15) is 48.3 Å². The summed E-state index contributed by atoms with van der Waals surface area (Å²) >= 11 is 0. The van der Waals surface area contributed by atoms with Gasteiger partial charge in [0.05, 0.1) is 88.5 Å². The molecule has 2 aromatic heterocycles. The fourth-order valence-electron chi connectivity index (χ4n) is 10.3. The molecule has 4 aromatic rings. The molecule has 0 fully saturated rings. The van der Waals surface area contributed by atoms with Gasteiger partial charge >= 0.3 is 12.1 Å². The molecule has 0 saturated carbocycles. The van der Waals surface area contributed by atoms with Gasteiger partial charge < -0.3 is 75.1 Å². The van der Waals surface area contributed by atoms with Crippen molar-refractivity contribution < 1.29 is 76.6 Å². The van der Waals surface area contributed by atoms with E-state index in [1.165, 1.54) is 12.2 Å². The second kappa shape index (κ2) is 30.3. The molecule has 8 rings (SSSR count). The Balaban J connectivity index is 0.741. The number of ether oxygens (including phenoxy) is 7. The van der Waals surface area contributed by atoms with Crippen molar-refractivity contribution in [2.75, 3.05) is 84.4 Å². The van der Waals surface area contributed by atoms with Crippen molar-refractivity contribution in [2.24, 2.45) is 11.7 Å². The van der Waals surface area contributed by atoms with Gasteiger partial charge in [0.1, 0.15) is 31.0 Å². The lowest BCUT2D eigenvalue weighted by Crippen LogP contribution is -2.54. The Morgan fingerprint density at radius 3 is 2.19 bits per heavy atom. The summed E-state index contributed by atoms with van der Waals surface area (Å²) in [7, 11) is 0. The zero-order valence-electron chi connectivity index (χ0n) is 48.6. The van der Waals surface area contributed by atoms with Crippen molar-refractivity contribution in [1.29, 1.82) is 0 Å². The zero-order chi connectivity index (χ0) is 61.3. The minimum Gasteiger partial charge on any atom is -0.493 e. The maximum atomic E-state index is 14.0. The maximum Gasteiger partial charge on any atom is 0.407 e. The number of hydrogen-bond donors (Lipinski definition) is 7. The molecule has 8 N–H and O–H groups in total. The molecule has 86 heavy (non-hydrogen) atoms. The lowest BCUT2D eigenvalue weighted by molar-refractivity contribution is -0.172. The van der Waals surface area contributed by atoms with Crippen LogP contribution < -0.4 is 42.6 Å². The number of unbranched alkanes of at least 4 members (excludes halogenated alkanes) is 1. The van der Waals surface area contributed by atoms with E-state index < -0.39 is 64.8 Å². The Morgan fingerprint density at radius 2 is 1.50 bits per heavy atom. The van der Waals surface area contributed by atoms with E-state index >= 15 is 0 Å². The highest BCUT2D eigenvalue weighted by molar-refractivity contribution is 6.13. The average molecular weight is 1190 g/mol. The summed E-state index contributed by atoms with van der Waals surface area (Å²) in [6, 6.07) is 10.2. The van der Waals surface area contributed by atoms with Crippen LogP contribution in [0.2, 0.25) is 0 Å². The largest absolute Gasteiger partial charge is 0.493 e. The van der Waals surface area contributed by atoms with Gasteiger partial charge in [-0.2, -0.15) is 0 Å². The molecule has 462 valence electrons. The summed E-state index contributed by atoms with van der Waals surface area (Å²) in [4.78, 5) is 122. The number of alkyl carbamates (subject to hydrolysis) is 1. The number of anilines is 1. The molecule has 4 aliphatic heterocycles. The van der Waals surface area contributed by atoms with Crippen LogP contribution in [-0.2, 0) is 100 Å². The number of hydrogen-bond acceptors (Lipinski definition) is 19. The standard InChI is InChI=1S/C60H75N9O17/c1-4-60(79)44-30-47-54-42(33-69(47)57(76)43(44)35-85-58(60)77)41(40-29-38-15-21-84-48(38)31-46(40)65-54)32-63-59(78)86-34-37-8-10-39(11-9-37)64-55(74)45(7-5-6-17-61)66-56(75)53(36(2)3)67-50(71)16-20-80-23-25-82-27-28-83-26-24-81-22-18-62-49(70)14-19-68-51(72)12-13-52(68)73/h8-13,29-31,36,45,53,79H,4-7,14-28,32-35,61H2,1-3H3,(H,62,70)(H,63,78)(H,64,74)(H,66,75)(H,67,71)/t45-,53-,60-/m0/s1. The Bertz CT molecular complexity index is 3240. The van der Waals surface area contributed by atoms with Crippen LogP contribution in [-0.4, -0.2) is 158 Å². The van der Waals surface area contributed by atoms with Crippen LogP contribution in [0, 0.1) is 5.92 Å². The number of carbonyl (C=O) groups is 8. The summed E-state index contributed by atoms with van der Waals surface area (Å²) < 4.78 is 40.3. The number of nitrogens with zero attached hydrogens (tertiary/aromatic N) is 3. The molecular weight excluding hydrogens is 1120 g/mol. The van der Waals surface area contributed by atoms with Crippen LogP contribution in [0.15, 0.2) is 59.4 Å². The van der Waals surface area contributed by atoms with Crippen molar-refractivity contribution >= 4 is 64.1 Å². The third-order valence-corrected chi connectivity index (χ3v) is 15.1. The molecule has 2 aromatic carbocycles. The van der Waals surface area contributed by atoms with Crippen LogP contribution in [0.3, 0.4) is 0 Å². The Kier molecular flexibility index (Phi) is 22.5. The van der Waals surface area contributed by atoms with Gasteiger partial charge in [0.15, 0.2) is 5.60 Å². The molecule has 3 atom stereocenters. The van der Waals surface area contributed by atoms with Crippen LogP contribution in [0.4, 0.5) is 10.5 Å². The molecular formula is C60H75N9O17. The Labute approximate surface area is 496 Å². The zero-order valence-corrected chi connectivity index (χ0v) is 48.6. The molecule has 0 spiro atoms. The van der Waals surface area contributed by atoms with Gasteiger partial charge in [0.25, 0.3) is 17.4 Å². The van der Waals surface area contributed by atoms with Crippen LogP contribution in [0.5, 0.6) is 5.75 Å². The van der Waals surface area contributed by atoms with Gasteiger partial charge in [-0.3, -0.25) is 38.5 Å². The molecule has 6 heterocycles. The number of benzene rings is 2. The first-order chi connectivity index (χ1) is 41.5. The summed E-state index contributed by atoms with van der Waals surface area (Å²) in [6.45, 7) is 8.20. The lowest BCUT2D eigenvalue weighted by atomic mass is 9.86. The van der Waals surface area contributed by atoms with Gasteiger partial charge in [-0.25, -0.2) is 14.6 Å². The van der Waals surface area contributed by atoms with E-state index in [2.05, 4.69) is 26.6 Å². The lowest BCUT2D eigenvalue weighted by Gasteiger charge is -2.31. The van der Waals surface area contributed by atoms with Crippen molar-refractivity contribution in [2.45, 2.75) is 110 Å². The predicted octanol–water partition coefficient (Wildman–Crippen LogP) is 2.02. The average Bonchev–Trinajstić information content (AvgIpc) is 1.62. The fraction of sp³-hybridized carbons (Fsp3) is 0.500. The van der Waals surface area contributed by atoms with Crippen LogP contribution in [0.25, 0.3) is 22.3 Å². The van der Waals surface area contributed by atoms with Crippen molar-refractivity contribution in [3.05, 3.63) is 98.4 Å². The number of rotatable bonds is 33. The smallest absolute Gasteiger partial charge is 0.407 e. The monoisotopic (exact) mass is 1190 g/mol. The van der Waals surface area contributed by atoms with Crippen molar-refractivity contribution in [3.8, 4) is 17.1 Å². The minimum absolute atomic E-state index is 0.00263. The Hall–Kier alpha value is -8.14. The highest BCUT2D eigenvalue weighted by atomic mass is 16.6. The van der Waals surface area contributed by atoms with E-state index in [1.54, 1.807) is 55.7 Å². The second-order valence-corrected chi connectivity index (χ2v) is 21.3. The number of carbonyl (C=O) groups excluding carboxylic acids is 8. The number of esters is 1. The predicted molar refractivity (Wildman–Crippen MR) is 309 cm³/mol. The third-order valence-electron chi connectivity index (χ3n) is 15.1. The molecule has 0 bridgehead atoms. The topological polar surface area (TPSA) is 346 Å². The maximum absolute atomic E-state index is 14.0. The van der Waals surface area contributed by atoms with Crippen molar-refractivity contribution in [3.63, 3.8) is 0 Å². The molecule has 0 radical (unpaired) electrons. The first-order valence-corrected chi connectivity index (χ1v) is 29.0. The van der Waals surface area contributed by atoms with Gasteiger partial charge in [-0.05, 0) is 79.1 Å². The van der Waals surface area contributed by atoms with Crippen LogP contribution >= 0.6 is 0 Å². The fourth-order valence-corrected chi connectivity index (χ4v) is 10.3. The number of nitrogens with one attached hydrogen (secondary N) is 5. The molecule has 26 heteroatoms. The van der Waals surface area contributed by atoms with E-state index in [0.717, 1.165) is 15.8 Å². The van der Waals surface area contributed by atoms with E-state index in [1.807, 2.05) is 12.1 Å². The number of nitrogens with two attached hydrogens (primary N) is 1. The number of fused-ring (bicyclic) bond motifs is 6. The highest BCUT2D eigenvalue weighted by Gasteiger charge is 2.46. The number of aliphatic hydroxyl groups is 1. The molecule has 4 aliphatic rings. The van der Waals surface area contributed by atoms with E-state index in [-0.39, 0.29) is 114 Å². The molecule has 7 amide bonds. The SMILES string of the molecule is CC[C@@]1(O)C(=O)OCc2c1cc1n(c2=O)Cc2c-1nc1cc3c(cc1c2CNC(=O)OCc1ccc(NC(=O)[C@H](CCCCN)NC(=O)[C@@H](NC(=O)CCOCCOCCOCCOCCNC(=O)CCN2C(=O)C=CC2=O)C(C)C)cc1)CCO3. The number of pyridine rings is 2. The molecule has 26 nitrogen and oxygen atoms in total. The first kappa shape index (κ1) is 63.9. The van der Waals surface area contributed by atoms with E-state index in [4.69, 9.17) is 43.9 Å². The molecule has 0 aliphatic carbocycles. The van der Waals surface area contributed by atoms with E-state index in [0.29, 0.717) is 104 Å². The molecule has 0 unspecified atom stereocenters. The summed E-state index contributed by atoms with van der Waals surface area (Å²) in [6.07, 6.45) is 3.74. The van der Waals surface area contributed by atoms with Gasteiger partial charge in [-0.15, -0.1) is 0 Å². The van der Waals surface area contributed by atoms with Crippen LogP contribution in [0.1, 0.15) is 92.7 Å². The highest BCUT2D eigenvalue weighted by Crippen LogP contribution is 2.42. The number of amides is 7. The summed E-state index contributed by atoms with van der Waals surface area (Å²) in [5.41, 5.74) is 8.64. The quantitative estimate of drug-likeness (QED) is 0.0179. The summed E-state index contributed by atoms with van der Waals surface area (Å²) in [5, 5.41) is 26.1. The number of aromatic nitrogens is 2. The van der Waals surface area contributed by atoms with Gasteiger partial charge in [0, 0.05) is 79.3 Å².